The van der Waals surface area contributed by atoms with E-state index in [0.29, 0.717) is 33.3 Å². The number of nitro groups is 1. The van der Waals surface area contributed by atoms with Crippen molar-refractivity contribution in [2.24, 2.45) is 7.05 Å². The van der Waals surface area contributed by atoms with E-state index in [1.165, 1.54) is 23.9 Å². The Balaban J connectivity index is 1.45. The minimum atomic E-state index is -0.459. The van der Waals surface area contributed by atoms with Crippen LogP contribution in [-0.2, 0) is 12.8 Å². The second kappa shape index (κ2) is 8.02. The summed E-state index contributed by atoms with van der Waals surface area (Å²) in [6.07, 6.45) is 0. The third-order valence-corrected chi connectivity index (χ3v) is 5.31. The zero-order valence-corrected chi connectivity index (χ0v) is 16.6. The minimum absolute atomic E-state index is 0.00261. The summed E-state index contributed by atoms with van der Waals surface area (Å²) in [5.74, 6) is 1.85. The van der Waals surface area contributed by atoms with Gasteiger partial charge in [0.15, 0.2) is 11.0 Å². The summed E-state index contributed by atoms with van der Waals surface area (Å²) in [5.41, 5.74) is 1.53. The fourth-order valence-corrected chi connectivity index (χ4v) is 3.45. The average Bonchev–Trinajstić information content (AvgIpc) is 3.34. The van der Waals surface area contributed by atoms with Crippen molar-refractivity contribution in [3.8, 4) is 22.8 Å². The second-order valence-electron chi connectivity index (χ2n) is 5.97. The molecule has 9 nitrogen and oxygen atoms in total. The van der Waals surface area contributed by atoms with Crippen LogP contribution in [0.4, 0.5) is 5.69 Å². The Kier molecular flexibility index (Phi) is 5.28. The summed E-state index contributed by atoms with van der Waals surface area (Å²) in [5, 5.41) is 28.6. The van der Waals surface area contributed by atoms with Crippen molar-refractivity contribution < 1.29 is 9.34 Å². The highest BCUT2D eigenvalue weighted by Crippen LogP contribution is 2.27. The van der Waals surface area contributed by atoms with Crippen LogP contribution >= 0.6 is 23.4 Å². The predicted molar refractivity (Wildman–Crippen MR) is 107 cm³/mol. The van der Waals surface area contributed by atoms with E-state index in [-0.39, 0.29) is 5.69 Å². The Morgan fingerprint density at radius 3 is 2.41 bits per heavy atom. The molecule has 2 heterocycles. The molecular weight excluding hydrogens is 416 g/mol. The maximum atomic E-state index is 10.7. The highest BCUT2D eigenvalue weighted by atomic mass is 35.5. The summed E-state index contributed by atoms with van der Waals surface area (Å²) >= 11 is 7.34. The standard InChI is InChI=1S/C18H13ClN6O3S/c1-24-16(11-2-6-13(19)7-3-11)21-23-18(24)29-10-15-20-22-17(28-15)12-4-8-14(9-5-12)25(26)27/h2-9H,10H2,1H3. The number of hydrogen-bond acceptors (Lipinski definition) is 8. The predicted octanol–water partition coefficient (Wildman–Crippen LogP) is 4.39. The molecule has 0 saturated heterocycles. The van der Waals surface area contributed by atoms with Crippen molar-refractivity contribution in [1.82, 2.24) is 25.0 Å². The van der Waals surface area contributed by atoms with Crippen LogP contribution in [-0.4, -0.2) is 29.9 Å². The highest BCUT2D eigenvalue weighted by Gasteiger charge is 2.15. The molecule has 0 fully saturated rings. The van der Waals surface area contributed by atoms with Crippen LogP contribution in [0.25, 0.3) is 22.8 Å². The highest BCUT2D eigenvalue weighted by molar-refractivity contribution is 7.98. The third kappa shape index (κ3) is 4.13. The van der Waals surface area contributed by atoms with Crippen molar-refractivity contribution in [1.29, 1.82) is 0 Å². The zero-order valence-electron chi connectivity index (χ0n) is 15.0. The van der Waals surface area contributed by atoms with Gasteiger partial charge in [0.25, 0.3) is 5.69 Å². The molecule has 0 atom stereocenters. The van der Waals surface area contributed by atoms with E-state index in [4.69, 9.17) is 16.0 Å². The van der Waals surface area contributed by atoms with Gasteiger partial charge in [-0.15, -0.1) is 20.4 Å². The van der Waals surface area contributed by atoms with Gasteiger partial charge in [0.1, 0.15) is 0 Å². The largest absolute Gasteiger partial charge is 0.420 e. The molecule has 2 aromatic heterocycles. The molecule has 0 spiro atoms. The molecule has 0 aliphatic carbocycles. The van der Waals surface area contributed by atoms with Crippen molar-refractivity contribution >= 4 is 29.1 Å². The molecule has 0 bridgehead atoms. The number of nitrogens with zero attached hydrogens (tertiary/aromatic N) is 6. The van der Waals surface area contributed by atoms with Gasteiger partial charge in [-0.1, -0.05) is 23.4 Å². The summed E-state index contributed by atoms with van der Waals surface area (Å²) < 4.78 is 7.53. The van der Waals surface area contributed by atoms with E-state index in [1.54, 1.807) is 24.3 Å². The Morgan fingerprint density at radius 2 is 1.72 bits per heavy atom. The Morgan fingerprint density at radius 1 is 1.03 bits per heavy atom. The first kappa shape index (κ1) is 19.1. The summed E-state index contributed by atoms with van der Waals surface area (Å²) in [6, 6.07) is 13.3. The first-order chi connectivity index (χ1) is 14.0. The lowest BCUT2D eigenvalue weighted by Gasteiger charge is -2.03. The molecule has 0 radical (unpaired) electrons. The Hall–Kier alpha value is -3.24. The van der Waals surface area contributed by atoms with Crippen LogP contribution in [0.15, 0.2) is 58.1 Å². The quantitative estimate of drug-likeness (QED) is 0.252. The van der Waals surface area contributed by atoms with Gasteiger partial charge in [-0.25, -0.2) is 0 Å². The van der Waals surface area contributed by atoms with Gasteiger partial charge in [0, 0.05) is 35.3 Å². The molecule has 0 aliphatic rings. The Labute approximate surface area is 173 Å². The van der Waals surface area contributed by atoms with E-state index in [1.807, 2.05) is 23.7 Å². The van der Waals surface area contributed by atoms with Gasteiger partial charge >= 0.3 is 0 Å². The van der Waals surface area contributed by atoms with Gasteiger partial charge in [-0.2, -0.15) is 0 Å². The van der Waals surface area contributed by atoms with E-state index in [2.05, 4.69) is 20.4 Å². The number of aromatic nitrogens is 5. The number of non-ortho nitro benzene ring substituents is 1. The molecule has 0 unspecified atom stereocenters. The molecule has 146 valence electrons. The van der Waals surface area contributed by atoms with Gasteiger partial charge < -0.3 is 8.98 Å². The van der Waals surface area contributed by atoms with Gasteiger partial charge in [0.2, 0.25) is 11.8 Å². The van der Waals surface area contributed by atoms with Crippen LogP contribution in [0.5, 0.6) is 0 Å². The first-order valence-electron chi connectivity index (χ1n) is 8.36. The van der Waals surface area contributed by atoms with E-state index >= 15 is 0 Å². The van der Waals surface area contributed by atoms with Crippen molar-refractivity contribution in [2.45, 2.75) is 10.9 Å². The average molecular weight is 429 g/mol. The number of nitro benzene ring substituents is 1. The van der Waals surface area contributed by atoms with E-state index in [0.717, 1.165) is 11.4 Å². The maximum absolute atomic E-state index is 10.7. The fourth-order valence-electron chi connectivity index (χ4n) is 2.57. The van der Waals surface area contributed by atoms with E-state index in [9.17, 15) is 10.1 Å². The number of thioether (sulfide) groups is 1. The van der Waals surface area contributed by atoms with Gasteiger partial charge in [0.05, 0.1) is 10.7 Å². The summed E-state index contributed by atoms with van der Waals surface area (Å²) in [7, 11) is 1.88. The molecule has 4 rings (SSSR count). The number of benzene rings is 2. The van der Waals surface area contributed by atoms with Crippen LogP contribution in [0.1, 0.15) is 5.89 Å². The number of halogens is 1. The fraction of sp³-hybridized carbons (Fsp3) is 0.111. The third-order valence-electron chi connectivity index (χ3n) is 4.05. The molecule has 2 aromatic carbocycles. The monoisotopic (exact) mass is 428 g/mol. The van der Waals surface area contributed by atoms with Crippen molar-refractivity contribution in [3.05, 3.63) is 69.6 Å². The SMILES string of the molecule is Cn1c(SCc2nnc(-c3ccc([N+](=O)[O-])cc3)o2)nnc1-c1ccc(Cl)cc1. The topological polar surface area (TPSA) is 113 Å². The van der Waals surface area contributed by atoms with E-state index < -0.39 is 4.92 Å². The number of hydrogen-bond donors (Lipinski definition) is 0. The lowest BCUT2D eigenvalue weighted by molar-refractivity contribution is -0.384. The second-order valence-corrected chi connectivity index (χ2v) is 7.34. The first-order valence-corrected chi connectivity index (χ1v) is 9.73. The smallest absolute Gasteiger partial charge is 0.269 e. The normalized spacial score (nSPS) is 11.0. The number of rotatable bonds is 6. The summed E-state index contributed by atoms with van der Waals surface area (Å²) in [6.45, 7) is 0. The van der Waals surface area contributed by atoms with Crippen molar-refractivity contribution in [3.63, 3.8) is 0 Å². The lowest BCUT2D eigenvalue weighted by atomic mass is 10.2. The minimum Gasteiger partial charge on any atom is -0.420 e. The van der Waals surface area contributed by atoms with Gasteiger partial charge in [-0.05, 0) is 36.4 Å². The van der Waals surface area contributed by atoms with Crippen molar-refractivity contribution in [2.75, 3.05) is 0 Å². The molecule has 0 aliphatic heterocycles. The molecule has 4 aromatic rings. The van der Waals surface area contributed by atoms with Crippen LogP contribution < -0.4 is 0 Å². The molecule has 29 heavy (non-hydrogen) atoms. The summed E-state index contributed by atoms with van der Waals surface area (Å²) in [4.78, 5) is 10.3. The van der Waals surface area contributed by atoms with Crippen LogP contribution in [0.2, 0.25) is 5.02 Å². The molecule has 11 heteroatoms. The van der Waals surface area contributed by atoms with Gasteiger partial charge in [-0.3, -0.25) is 10.1 Å². The zero-order chi connectivity index (χ0) is 20.4. The molecular formula is C18H13ClN6O3S. The van der Waals surface area contributed by atoms with Crippen LogP contribution in [0.3, 0.4) is 0 Å². The lowest BCUT2D eigenvalue weighted by Crippen LogP contribution is -1.95. The molecule has 0 saturated carbocycles. The molecule has 0 N–H and O–H groups in total. The Bertz CT molecular complexity index is 1160. The van der Waals surface area contributed by atoms with Crippen LogP contribution in [0, 0.1) is 10.1 Å². The maximum Gasteiger partial charge on any atom is 0.269 e. The molecule has 0 amide bonds.